The Morgan fingerprint density at radius 3 is 2.79 bits per heavy atom. The molecule has 6 heteroatoms. The predicted molar refractivity (Wildman–Crippen MR) is 77.0 cm³/mol. The van der Waals surface area contributed by atoms with Gasteiger partial charge in [0.1, 0.15) is 4.90 Å². The van der Waals surface area contributed by atoms with Crippen molar-refractivity contribution in [2.24, 2.45) is 0 Å². The molecule has 1 aliphatic rings. The van der Waals surface area contributed by atoms with Crippen LogP contribution in [0, 0.1) is 0 Å². The van der Waals surface area contributed by atoms with Gasteiger partial charge in [0.15, 0.2) is 0 Å². The molecule has 0 spiro atoms. The average Bonchev–Trinajstić information content (AvgIpc) is 2.91. The first-order valence-electron chi connectivity index (χ1n) is 6.51. The summed E-state index contributed by atoms with van der Waals surface area (Å²) in [6, 6.07) is 7.53. The summed E-state index contributed by atoms with van der Waals surface area (Å²) < 4.78 is 26.4. The minimum atomic E-state index is -3.42. The smallest absolute Gasteiger partial charge is 0.242 e. The fourth-order valence-electron chi connectivity index (χ4n) is 2.45. The van der Waals surface area contributed by atoms with Crippen LogP contribution in [0.5, 0.6) is 0 Å². The van der Waals surface area contributed by atoms with Gasteiger partial charge < -0.3 is 10.2 Å². The summed E-state index contributed by atoms with van der Waals surface area (Å²) in [6.45, 7) is 1.87. The van der Waals surface area contributed by atoms with Crippen LogP contribution in [0.1, 0.15) is 12.8 Å². The van der Waals surface area contributed by atoms with Gasteiger partial charge in [0.25, 0.3) is 0 Å². The molecule has 0 amide bonds. The molecule has 2 N–H and O–H groups in total. The number of nitrogens with zero attached hydrogens (tertiary/aromatic N) is 1. The Morgan fingerprint density at radius 2 is 2.16 bits per heavy atom. The first-order valence-corrected chi connectivity index (χ1v) is 8.00. The molecule has 19 heavy (non-hydrogen) atoms. The minimum absolute atomic E-state index is 0.331. The summed E-state index contributed by atoms with van der Waals surface area (Å²) in [4.78, 5) is 2.34. The standard InChI is InChI=1S/C13H21N3O2S/c1-14-19(17,18)13-8-4-3-7-12(13)16(2)10-11-6-5-9-15-11/h3-4,7-8,11,14-15H,5-6,9-10H2,1-2H3. The summed E-state index contributed by atoms with van der Waals surface area (Å²) in [7, 11) is -0.0499. The highest BCUT2D eigenvalue weighted by Crippen LogP contribution is 2.24. The number of rotatable bonds is 5. The molecule has 1 atom stereocenters. The van der Waals surface area contributed by atoms with Crippen molar-refractivity contribution >= 4 is 15.7 Å². The number of benzene rings is 1. The van der Waals surface area contributed by atoms with Crippen molar-refractivity contribution < 1.29 is 8.42 Å². The van der Waals surface area contributed by atoms with Crippen molar-refractivity contribution in [3.8, 4) is 0 Å². The Balaban J connectivity index is 2.23. The molecule has 1 aromatic rings. The second kappa shape index (κ2) is 5.90. The van der Waals surface area contributed by atoms with Crippen molar-refractivity contribution in [1.82, 2.24) is 10.0 Å². The largest absolute Gasteiger partial charge is 0.372 e. The van der Waals surface area contributed by atoms with E-state index < -0.39 is 10.0 Å². The van der Waals surface area contributed by atoms with E-state index in [1.54, 1.807) is 12.1 Å². The van der Waals surface area contributed by atoms with Crippen molar-refractivity contribution in [2.75, 3.05) is 32.1 Å². The molecule has 2 rings (SSSR count). The van der Waals surface area contributed by atoms with E-state index in [9.17, 15) is 8.42 Å². The van der Waals surface area contributed by atoms with Crippen molar-refractivity contribution in [3.63, 3.8) is 0 Å². The summed E-state index contributed by atoms with van der Waals surface area (Å²) in [5.74, 6) is 0. The maximum absolute atomic E-state index is 12.0. The Morgan fingerprint density at radius 1 is 1.42 bits per heavy atom. The zero-order valence-electron chi connectivity index (χ0n) is 11.4. The number of sulfonamides is 1. The highest BCUT2D eigenvalue weighted by molar-refractivity contribution is 7.89. The summed E-state index contributed by atoms with van der Waals surface area (Å²) in [5, 5.41) is 3.42. The molecule has 1 aromatic carbocycles. The van der Waals surface area contributed by atoms with E-state index in [1.165, 1.54) is 13.5 Å². The number of hydrogen-bond donors (Lipinski definition) is 2. The second-order valence-electron chi connectivity index (χ2n) is 4.85. The zero-order chi connectivity index (χ0) is 13.9. The van der Waals surface area contributed by atoms with Gasteiger partial charge in [-0.2, -0.15) is 0 Å². The van der Waals surface area contributed by atoms with Crippen molar-refractivity contribution in [2.45, 2.75) is 23.8 Å². The molecule has 1 unspecified atom stereocenters. The minimum Gasteiger partial charge on any atom is -0.372 e. The van der Waals surface area contributed by atoms with Crippen LogP contribution in [0.2, 0.25) is 0 Å². The molecule has 1 heterocycles. The second-order valence-corrected chi connectivity index (χ2v) is 6.70. The van der Waals surface area contributed by atoms with Gasteiger partial charge in [-0.05, 0) is 38.6 Å². The van der Waals surface area contributed by atoms with Crippen LogP contribution in [0.3, 0.4) is 0 Å². The molecular weight excluding hydrogens is 262 g/mol. The first-order chi connectivity index (χ1) is 9.04. The van der Waals surface area contributed by atoms with E-state index in [1.807, 2.05) is 24.1 Å². The lowest BCUT2D eigenvalue weighted by Crippen LogP contribution is -2.36. The van der Waals surface area contributed by atoms with Gasteiger partial charge in [0.2, 0.25) is 10.0 Å². The highest BCUT2D eigenvalue weighted by atomic mass is 32.2. The maximum atomic E-state index is 12.0. The van der Waals surface area contributed by atoms with E-state index in [0.29, 0.717) is 10.9 Å². The molecule has 5 nitrogen and oxygen atoms in total. The Kier molecular flexibility index (Phi) is 4.44. The molecule has 0 bridgehead atoms. The third-order valence-corrected chi connectivity index (χ3v) is 4.95. The molecule has 0 saturated carbocycles. The lowest BCUT2D eigenvalue weighted by atomic mass is 10.2. The number of hydrogen-bond acceptors (Lipinski definition) is 4. The molecule has 1 aliphatic heterocycles. The van der Waals surface area contributed by atoms with E-state index in [2.05, 4.69) is 10.0 Å². The molecule has 0 aromatic heterocycles. The van der Waals surface area contributed by atoms with E-state index in [4.69, 9.17) is 0 Å². The normalized spacial score (nSPS) is 19.6. The van der Waals surface area contributed by atoms with Gasteiger partial charge in [0, 0.05) is 19.6 Å². The number of anilines is 1. The molecule has 0 aliphatic carbocycles. The Hall–Kier alpha value is -1.11. The van der Waals surface area contributed by atoms with Gasteiger partial charge in [-0.1, -0.05) is 12.1 Å². The van der Waals surface area contributed by atoms with Gasteiger partial charge in [-0.3, -0.25) is 0 Å². The van der Waals surface area contributed by atoms with E-state index >= 15 is 0 Å². The monoisotopic (exact) mass is 283 g/mol. The molecule has 0 radical (unpaired) electrons. The fourth-order valence-corrected chi connectivity index (χ4v) is 3.43. The zero-order valence-corrected chi connectivity index (χ0v) is 12.2. The highest BCUT2D eigenvalue weighted by Gasteiger charge is 2.21. The molecular formula is C13H21N3O2S. The summed E-state index contributed by atoms with van der Waals surface area (Å²) in [6.07, 6.45) is 2.33. The molecule has 106 valence electrons. The molecule has 1 saturated heterocycles. The Labute approximate surface area is 115 Å². The summed E-state index contributed by atoms with van der Waals surface area (Å²) >= 11 is 0. The molecule has 1 fully saturated rings. The van der Waals surface area contributed by atoms with Crippen LogP contribution in [-0.4, -0.2) is 41.6 Å². The van der Waals surface area contributed by atoms with Crippen LogP contribution in [0.15, 0.2) is 29.2 Å². The quantitative estimate of drug-likeness (QED) is 0.838. The van der Waals surface area contributed by atoms with Crippen LogP contribution in [-0.2, 0) is 10.0 Å². The van der Waals surface area contributed by atoms with Crippen LogP contribution < -0.4 is 14.9 Å². The summed E-state index contributed by atoms with van der Waals surface area (Å²) in [5.41, 5.74) is 0.741. The van der Waals surface area contributed by atoms with Crippen molar-refractivity contribution in [3.05, 3.63) is 24.3 Å². The number of nitrogens with one attached hydrogen (secondary N) is 2. The Bertz CT molecular complexity index is 524. The topological polar surface area (TPSA) is 61.4 Å². The fraction of sp³-hybridized carbons (Fsp3) is 0.538. The average molecular weight is 283 g/mol. The number of para-hydroxylation sites is 1. The van der Waals surface area contributed by atoms with Gasteiger partial charge in [-0.25, -0.2) is 13.1 Å². The van der Waals surface area contributed by atoms with Gasteiger partial charge in [-0.15, -0.1) is 0 Å². The van der Waals surface area contributed by atoms with Crippen LogP contribution in [0.25, 0.3) is 0 Å². The van der Waals surface area contributed by atoms with Gasteiger partial charge in [0.05, 0.1) is 5.69 Å². The predicted octanol–water partition coefficient (Wildman–Crippen LogP) is 0.783. The lowest BCUT2D eigenvalue weighted by molar-refractivity contribution is 0.583. The number of likely N-dealkylation sites (N-methyl/N-ethyl adjacent to an activating group) is 1. The maximum Gasteiger partial charge on any atom is 0.242 e. The lowest BCUT2D eigenvalue weighted by Gasteiger charge is -2.25. The van der Waals surface area contributed by atoms with Crippen molar-refractivity contribution in [1.29, 1.82) is 0 Å². The van der Waals surface area contributed by atoms with Crippen LogP contribution >= 0.6 is 0 Å². The van der Waals surface area contributed by atoms with Gasteiger partial charge >= 0.3 is 0 Å². The van der Waals surface area contributed by atoms with Crippen LogP contribution in [0.4, 0.5) is 5.69 Å². The van der Waals surface area contributed by atoms with E-state index in [-0.39, 0.29) is 0 Å². The third kappa shape index (κ3) is 3.26. The third-order valence-electron chi connectivity index (χ3n) is 3.49. The first kappa shape index (κ1) is 14.3. The SMILES string of the molecule is CNS(=O)(=O)c1ccccc1N(C)CC1CCCN1. The van der Waals surface area contributed by atoms with E-state index in [0.717, 1.165) is 25.2 Å².